The van der Waals surface area contributed by atoms with Gasteiger partial charge in [-0.2, -0.15) is 0 Å². The Morgan fingerprint density at radius 3 is 2.79 bits per heavy atom. The topological polar surface area (TPSA) is 22.3 Å². The second-order valence-corrected chi connectivity index (χ2v) is 5.51. The van der Waals surface area contributed by atoms with Crippen molar-refractivity contribution in [1.82, 2.24) is 15.0 Å². The minimum absolute atomic E-state index is 1.10. The average molecular weight is 257 g/mol. The van der Waals surface area contributed by atoms with Gasteiger partial charge in [-0.05, 0) is 30.9 Å². The van der Waals surface area contributed by atoms with Gasteiger partial charge in [0, 0.05) is 43.8 Å². The maximum Gasteiger partial charge on any atom is 0.0456 e. The normalized spacial score (nSPS) is 17.4. The summed E-state index contributed by atoms with van der Waals surface area (Å²) in [6.07, 6.45) is 7.35. The summed E-state index contributed by atoms with van der Waals surface area (Å²) in [4.78, 5) is 3.36. The van der Waals surface area contributed by atoms with Gasteiger partial charge in [0.15, 0.2) is 0 Å². The van der Waals surface area contributed by atoms with Crippen LogP contribution in [0.4, 0.5) is 0 Å². The SMILES string of the molecule is CN(CCc1c[nH]c2ccccc12)N1CCCCC1. The van der Waals surface area contributed by atoms with Gasteiger partial charge in [0.2, 0.25) is 0 Å². The number of likely N-dealkylation sites (N-methyl/N-ethyl adjacent to an activating group) is 1. The summed E-state index contributed by atoms with van der Waals surface area (Å²) in [5.74, 6) is 0. The highest BCUT2D eigenvalue weighted by atomic mass is 15.6. The number of H-pyrrole nitrogens is 1. The number of piperidine rings is 1. The second-order valence-electron chi connectivity index (χ2n) is 5.51. The van der Waals surface area contributed by atoms with Crippen molar-refractivity contribution in [1.29, 1.82) is 0 Å². The fourth-order valence-corrected chi connectivity index (χ4v) is 2.98. The maximum absolute atomic E-state index is 3.36. The Morgan fingerprint density at radius 1 is 1.16 bits per heavy atom. The summed E-state index contributed by atoms with van der Waals surface area (Å²) in [7, 11) is 2.22. The lowest BCUT2D eigenvalue weighted by molar-refractivity contribution is -0.0152. The van der Waals surface area contributed by atoms with Gasteiger partial charge in [-0.1, -0.05) is 24.6 Å². The molecule has 0 atom stereocenters. The van der Waals surface area contributed by atoms with Crippen LogP contribution in [0.15, 0.2) is 30.5 Å². The van der Waals surface area contributed by atoms with Gasteiger partial charge < -0.3 is 4.98 Å². The molecule has 1 aromatic carbocycles. The molecular weight excluding hydrogens is 234 g/mol. The molecule has 0 aliphatic carbocycles. The minimum Gasteiger partial charge on any atom is -0.361 e. The fraction of sp³-hybridized carbons (Fsp3) is 0.500. The highest BCUT2D eigenvalue weighted by Crippen LogP contribution is 2.18. The Kier molecular flexibility index (Phi) is 3.85. The third kappa shape index (κ3) is 2.82. The number of nitrogens with zero attached hydrogens (tertiary/aromatic N) is 2. The first-order valence-electron chi connectivity index (χ1n) is 7.35. The number of aromatic amines is 1. The number of hydrazine groups is 1. The van der Waals surface area contributed by atoms with E-state index in [0.29, 0.717) is 0 Å². The lowest BCUT2D eigenvalue weighted by Gasteiger charge is -2.34. The maximum atomic E-state index is 3.36. The van der Waals surface area contributed by atoms with Crippen LogP contribution in [-0.4, -0.2) is 41.7 Å². The molecule has 3 heteroatoms. The molecule has 0 unspecified atom stereocenters. The van der Waals surface area contributed by atoms with Gasteiger partial charge in [0.05, 0.1) is 0 Å². The smallest absolute Gasteiger partial charge is 0.0456 e. The first kappa shape index (κ1) is 12.7. The molecule has 0 spiro atoms. The molecular formula is C16H23N3. The lowest BCUT2D eigenvalue weighted by atomic mass is 10.1. The van der Waals surface area contributed by atoms with Gasteiger partial charge >= 0.3 is 0 Å². The molecule has 19 heavy (non-hydrogen) atoms. The molecule has 1 aliphatic heterocycles. The van der Waals surface area contributed by atoms with E-state index in [1.807, 2.05) is 0 Å². The minimum atomic E-state index is 1.10. The molecule has 1 aliphatic rings. The Balaban J connectivity index is 1.62. The quantitative estimate of drug-likeness (QED) is 0.909. The van der Waals surface area contributed by atoms with E-state index in [0.717, 1.165) is 13.0 Å². The predicted octanol–water partition coefficient (Wildman–Crippen LogP) is 3.04. The monoisotopic (exact) mass is 257 g/mol. The zero-order valence-electron chi connectivity index (χ0n) is 11.7. The van der Waals surface area contributed by atoms with Gasteiger partial charge in [0.25, 0.3) is 0 Å². The number of rotatable bonds is 4. The molecule has 1 N–H and O–H groups in total. The number of hydrogen-bond donors (Lipinski definition) is 1. The summed E-state index contributed by atoms with van der Waals surface area (Å²) in [5, 5.41) is 6.27. The van der Waals surface area contributed by atoms with Gasteiger partial charge in [-0.3, -0.25) is 0 Å². The number of benzene rings is 1. The zero-order chi connectivity index (χ0) is 13.1. The first-order chi connectivity index (χ1) is 9.34. The van der Waals surface area contributed by atoms with Crippen LogP contribution in [0.25, 0.3) is 10.9 Å². The molecule has 0 bridgehead atoms. The molecule has 1 fully saturated rings. The molecule has 2 heterocycles. The third-order valence-corrected chi connectivity index (χ3v) is 4.19. The van der Waals surface area contributed by atoms with Crippen molar-refractivity contribution in [2.75, 3.05) is 26.7 Å². The van der Waals surface area contributed by atoms with E-state index < -0.39 is 0 Å². The fourth-order valence-electron chi connectivity index (χ4n) is 2.98. The van der Waals surface area contributed by atoms with Crippen molar-refractivity contribution in [3.63, 3.8) is 0 Å². The van der Waals surface area contributed by atoms with Crippen LogP contribution in [0, 0.1) is 0 Å². The highest BCUT2D eigenvalue weighted by Gasteiger charge is 2.14. The lowest BCUT2D eigenvalue weighted by Crippen LogP contribution is -2.43. The van der Waals surface area contributed by atoms with Crippen molar-refractivity contribution >= 4 is 10.9 Å². The number of nitrogens with one attached hydrogen (secondary N) is 1. The van der Waals surface area contributed by atoms with Crippen LogP contribution in [0.5, 0.6) is 0 Å². The van der Waals surface area contributed by atoms with Crippen molar-refractivity contribution in [2.24, 2.45) is 0 Å². The van der Waals surface area contributed by atoms with Crippen LogP contribution in [-0.2, 0) is 6.42 Å². The van der Waals surface area contributed by atoms with Crippen molar-refractivity contribution in [3.05, 3.63) is 36.0 Å². The van der Waals surface area contributed by atoms with E-state index in [1.165, 1.54) is 48.8 Å². The largest absolute Gasteiger partial charge is 0.361 e. The highest BCUT2D eigenvalue weighted by molar-refractivity contribution is 5.83. The van der Waals surface area contributed by atoms with E-state index in [1.54, 1.807) is 0 Å². The van der Waals surface area contributed by atoms with Crippen LogP contribution in [0.2, 0.25) is 0 Å². The van der Waals surface area contributed by atoms with E-state index in [2.05, 4.69) is 52.5 Å². The molecule has 1 aromatic heterocycles. The van der Waals surface area contributed by atoms with E-state index >= 15 is 0 Å². The predicted molar refractivity (Wildman–Crippen MR) is 80.1 cm³/mol. The zero-order valence-corrected chi connectivity index (χ0v) is 11.7. The number of aromatic nitrogens is 1. The van der Waals surface area contributed by atoms with Crippen molar-refractivity contribution in [3.8, 4) is 0 Å². The van der Waals surface area contributed by atoms with E-state index in [9.17, 15) is 0 Å². The Hall–Kier alpha value is -1.32. The van der Waals surface area contributed by atoms with Crippen LogP contribution >= 0.6 is 0 Å². The molecule has 3 nitrogen and oxygen atoms in total. The van der Waals surface area contributed by atoms with Crippen LogP contribution in [0.1, 0.15) is 24.8 Å². The Morgan fingerprint density at radius 2 is 1.95 bits per heavy atom. The summed E-state index contributed by atoms with van der Waals surface area (Å²) < 4.78 is 0. The summed E-state index contributed by atoms with van der Waals surface area (Å²) in [5.41, 5.74) is 2.68. The molecule has 102 valence electrons. The summed E-state index contributed by atoms with van der Waals surface area (Å²) in [6.45, 7) is 3.55. The summed E-state index contributed by atoms with van der Waals surface area (Å²) >= 11 is 0. The molecule has 3 rings (SSSR count). The molecule has 2 aromatic rings. The van der Waals surface area contributed by atoms with E-state index in [4.69, 9.17) is 0 Å². The molecule has 0 radical (unpaired) electrons. The summed E-state index contributed by atoms with van der Waals surface area (Å²) in [6, 6.07) is 8.56. The van der Waals surface area contributed by atoms with Crippen LogP contribution < -0.4 is 0 Å². The number of para-hydroxylation sites is 1. The van der Waals surface area contributed by atoms with Crippen molar-refractivity contribution < 1.29 is 0 Å². The molecule has 0 saturated carbocycles. The Labute approximate surface area is 115 Å². The second kappa shape index (κ2) is 5.76. The number of hydrogen-bond acceptors (Lipinski definition) is 2. The van der Waals surface area contributed by atoms with Crippen molar-refractivity contribution in [2.45, 2.75) is 25.7 Å². The molecule has 1 saturated heterocycles. The van der Waals surface area contributed by atoms with Gasteiger partial charge in [0.1, 0.15) is 0 Å². The first-order valence-corrected chi connectivity index (χ1v) is 7.35. The molecule has 0 amide bonds. The number of fused-ring (bicyclic) bond motifs is 1. The van der Waals surface area contributed by atoms with E-state index in [-0.39, 0.29) is 0 Å². The third-order valence-electron chi connectivity index (χ3n) is 4.19. The standard InChI is InChI=1S/C16H23N3/c1-18(19-10-5-2-6-11-19)12-9-14-13-17-16-8-4-3-7-15(14)16/h3-4,7-8,13,17H,2,5-6,9-12H2,1H3. The Bertz CT molecular complexity index is 526. The van der Waals surface area contributed by atoms with Gasteiger partial charge in [-0.15, -0.1) is 0 Å². The van der Waals surface area contributed by atoms with Gasteiger partial charge in [-0.25, -0.2) is 10.0 Å². The van der Waals surface area contributed by atoms with Crippen LogP contribution in [0.3, 0.4) is 0 Å². The average Bonchev–Trinajstić information content (AvgIpc) is 2.89.